The lowest BCUT2D eigenvalue weighted by atomic mass is 9.48. The fourth-order valence-corrected chi connectivity index (χ4v) is 8.83. The minimum atomic E-state index is -3.64. The fraction of sp³-hybridized carbons (Fsp3) is 0.440. The van der Waals surface area contributed by atoms with Gasteiger partial charge in [-0.25, -0.2) is 13.4 Å². The van der Waals surface area contributed by atoms with Crippen molar-refractivity contribution in [1.82, 2.24) is 9.36 Å². The SMILES string of the molecule is Cc1ccc(S(=O)(=O)c2nc(-c3ccc(C45CC6CC(CC(C6)C4)C5)cc3)ns2)cc1. The molecule has 4 aliphatic rings. The Hall–Kier alpha value is -2.05. The van der Waals surface area contributed by atoms with Crippen molar-refractivity contribution in [1.29, 1.82) is 0 Å². The first-order valence-corrected chi connectivity index (χ1v) is 13.4. The molecule has 7 rings (SSSR count). The number of benzene rings is 2. The Bertz CT molecular complexity index is 1190. The Morgan fingerprint density at radius 2 is 1.45 bits per heavy atom. The second-order valence-electron chi connectivity index (χ2n) is 9.98. The maximum atomic E-state index is 12.9. The summed E-state index contributed by atoms with van der Waals surface area (Å²) in [6, 6.07) is 15.5. The molecule has 0 unspecified atom stereocenters. The van der Waals surface area contributed by atoms with Crippen LogP contribution in [0.5, 0.6) is 0 Å². The van der Waals surface area contributed by atoms with E-state index in [4.69, 9.17) is 0 Å². The summed E-state index contributed by atoms with van der Waals surface area (Å²) in [5.41, 5.74) is 3.73. The zero-order chi connectivity index (χ0) is 21.2. The Morgan fingerprint density at radius 3 is 2.03 bits per heavy atom. The van der Waals surface area contributed by atoms with Crippen molar-refractivity contribution >= 4 is 21.4 Å². The first kappa shape index (κ1) is 19.6. The molecule has 1 aromatic heterocycles. The van der Waals surface area contributed by atoms with Crippen molar-refractivity contribution in [2.45, 2.75) is 60.1 Å². The van der Waals surface area contributed by atoms with Gasteiger partial charge in [-0.15, -0.1) is 0 Å². The van der Waals surface area contributed by atoms with Crippen molar-refractivity contribution in [3.63, 3.8) is 0 Å². The molecule has 160 valence electrons. The summed E-state index contributed by atoms with van der Waals surface area (Å²) in [4.78, 5) is 4.65. The Balaban J connectivity index is 1.27. The third-order valence-corrected chi connectivity index (χ3v) is 10.6. The van der Waals surface area contributed by atoms with Crippen LogP contribution in [0, 0.1) is 24.7 Å². The van der Waals surface area contributed by atoms with E-state index in [9.17, 15) is 8.42 Å². The predicted octanol–water partition coefficient (Wildman–Crippen LogP) is 5.81. The molecule has 4 nitrogen and oxygen atoms in total. The van der Waals surface area contributed by atoms with Crippen LogP contribution in [0.3, 0.4) is 0 Å². The average Bonchev–Trinajstić information content (AvgIpc) is 3.24. The standard InChI is InChI=1S/C25H26N2O2S2/c1-16-2-8-22(9-3-16)31(28,29)24-26-23(27-30-24)20-4-6-21(7-5-20)25-13-17-10-18(14-25)12-19(11-17)15-25/h2-9,17-19H,10-15H2,1H3. The number of aryl methyl sites for hydroxylation is 1. The highest BCUT2D eigenvalue weighted by Crippen LogP contribution is 2.60. The maximum Gasteiger partial charge on any atom is 0.235 e. The van der Waals surface area contributed by atoms with E-state index in [1.54, 1.807) is 24.3 Å². The van der Waals surface area contributed by atoms with E-state index in [2.05, 4.69) is 33.6 Å². The highest BCUT2D eigenvalue weighted by atomic mass is 32.2. The third kappa shape index (κ3) is 3.26. The molecule has 4 bridgehead atoms. The largest absolute Gasteiger partial charge is 0.235 e. The van der Waals surface area contributed by atoms with E-state index in [-0.39, 0.29) is 9.24 Å². The Kier molecular flexibility index (Phi) is 4.41. The molecule has 4 fully saturated rings. The number of hydrogen-bond donors (Lipinski definition) is 0. The van der Waals surface area contributed by atoms with Gasteiger partial charge in [0.25, 0.3) is 0 Å². The van der Waals surface area contributed by atoms with Gasteiger partial charge in [0, 0.05) is 5.56 Å². The molecule has 0 spiro atoms. The number of hydrogen-bond acceptors (Lipinski definition) is 5. The van der Waals surface area contributed by atoms with Gasteiger partial charge in [0.15, 0.2) is 5.82 Å². The number of aromatic nitrogens is 2. The highest BCUT2D eigenvalue weighted by Gasteiger charge is 2.51. The summed E-state index contributed by atoms with van der Waals surface area (Å²) < 4.78 is 30.2. The van der Waals surface area contributed by atoms with Crippen LogP contribution in [-0.2, 0) is 15.3 Å². The van der Waals surface area contributed by atoms with Gasteiger partial charge in [0.2, 0.25) is 14.2 Å². The summed E-state index contributed by atoms with van der Waals surface area (Å²) in [6.07, 6.45) is 8.35. The summed E-state index contributed by atoms with van der Waals surface area (Å²) >= 11 is 0.953. The van der Waals surface area contributed by atoms with Crippen LogP contribution >= 0.6 is 11.5 Å². The van der Waals surface area contributed by atoms with E-state index >= 15 is 0 Å². The van der Waals surface area contributed by atoms with E-state index in [1.165, 1.54) is 44.1 Å². The molecule has 0 N–H and O–H groups in total. The molecule has 2 aromatic carbocycles. The molecule has 1 heterocycles. The van der Waals surface area contributed by atoms with Gasteiger partial charge in [-0.05, 0) is 97.8 Å². The Labute approximate surface area is 187 Å². The number of nitrogens with zero attached hydrogens (tertiary/aromatic N) is 2. The minimum Gasteiger partial charge on any atom is -0.216 e. The zero-order valence-corrected chi connectivity index (χ0v) is 19.3. The Morgan fingerprint density at radius 1 is 0.871 bits per heavy atom. The van der Waals surface area contributed by atoms with Gasteiger partial charge in [-0.1, -0.05) is 42.0 Å². The van der Waals surface area contributed by atoms with Gasteiger partial charge >= 0.3 is 0 Å². The van der Waals surface area contributed by atoms with Crippen molar-refractivity contribution < 1.29 is 8.42 Å². The predicted molar refractivity (Wildman–Crippen MR) is 122 cm³/mol. The van der Waals surface area contributed by atoms with Crippen molar-refractivity contribution in [3.05, 3.63) is 59.7 Å². The first-order chi connectivity index (χ1) is 14.9. The molecule has 4 aliphatic carbocycles. The second kappa shape index (κ2) is 6.97. The van der Waals surface area contributed by atoms with E-state index in [0.717, 1.165) is 40.4 Å². The molecule has 0 atom stereocenters. The summed E-state index contributed by atoms with van der Waals surface area (Å²) in [5, 5.41) is 0. The normalized spacial score (nSPS) is 29.4. The molecular formula is C25H26N2O2S2. The van der Waals surface area contributed by atoms with Crippen LogP contribution in [0.1, 0.15) is 49.7 Å². The van der Waals surface area contributed by atoms with E-state index in [1.807, 2.05) is 6.92 Å². The topological polar surface area (TPSA) is 59.9 Å². The zero-order valence-electron chi connectivity index (χ0n) is 17.6. The van der Waals surface area contributed by atoms with Gasteiger partial charge in [0.05, 0.1) is 4.90 Å². The molecule has 0 radical (unpaired) electrons. The maximum absolute atomic E-state index is 12.9. The lowest BCUT2D eigenvalue weighted by Gasteiger charge is -2.57. The molecule has 6 heteroatoms. The van der Waals surface area contributed by atoms with E-state index < -0.39 is 9.84 Å². The molecule has 31 heavy (non-hydrogen) atoms. The van der Waals surface area contributed by atoms with Crippen LogP contribution < -0.4 is 0 Å². The molecule has 3 aromatic rings. The fourth-order valence-electron chi connectivity index (χ4n) is 6.69. The van der Waals surface area contributed by atoms with Gasteiger partial charge in [0.1, 0.15) is 0 Å². The lowest BCUT2D eigenvalue weighted by Crippen LogP contribution is -2.48. The van der Waals surface area contributed by atoms with Crippen molar-refractivity contribution in [3.8, 4) is 11.4 Å². The van der Waals surface area contributed by atoms with Crippen LogP contribution in [0.15, 0.2) is 57.8 Å². The van der Waals surface area contributed by atoms with Crippen molar-refractivity contribution in [2.75, 3.05) is 0 Å². The van der Waals surface area contributed by atoms with Crippen LogP contribution in [0.25, 0.3) is 11.4 Å². The van der Waals surface area contributed by atoms with Gasteiger partial charge in [-0.3, -0.25) is 0 Å². The quantitative estimate of drug-likeness (QED) is 0.503. The molecular weight excluding hydrogens is 424 g/mol. The second-order valence-corrected chi connectivity index (χ2v) is 12.9. The highest BCUT2D eigenvalue weighted by molar-refractivity contribution is 7.93. The van der Waals surface area contributed by atoms with E-state index in [0.29, 0.717) is 11.2 Å². The number of rotatable bonds is 4. The van der Waals surface area contributed by atoms with Crippen molar-refractivity contribution in [2.24, 2.45) is 17.8 Å². The summed E-state index contributed by atoms with van der Waals surface area (Å²) in [6.45, 7) is 1.94. The molecule has 4 saturated carbocycles. The van der Waals surface area contributed by atoms with Crippen LogP contribution in [0.4, 0.5) is 0 Å². The summed E-state index contributed by atoms with van der Waals surface area (Å²) in [5.74, 6) is 3.25. The lowest BCUT2D eigenvalue weighted by molar-refractivity contribution is -0.00518. The summed E-state index contributed by atoms with van der Waals surface area (Å²) in [7, 11) is -3.64. The van der Waals surface area contributed by atoms with Crippen LogP contribution in [-0.4, -0.2) is 17.8 Å². The minimum absolute atomic E-state index is 0.0523. The molecule has 0 aliphatic heterocycles. The number of sulfone groups is 1. The van der Waals surface area contributed by atoms with Gasteiger partial charge in [-0.2, -0.15) is 4.37 Å². The molecule has 0 amide bonds. The molecule has 0 saturated heterocycles. The van der Waals surface area contributed by atoms with Gasteiger partial charge < -0.3 is 0 Å². The first-order valence-electron chi connectivity index (χ1n) is 11.2. The smallest absolute Gasteiger partial charge is 0.216 e. The van der Waals surface area contributed by atoms with Crippen LogP contribution in [0.2, 0.25) is 0 Å². The third-order valence-electron chi connectivity index (χ3n) is 7.76. The monoisotopic (exact) mass is 450 g/mol. The average molecular weight is 451 g/mol.